The van der Waals surface area contributed by atoms with Crippen LogP contribution >= 0.6 is 0 Å². The summed E-state index contributed by atoms with van der Waals surface area (Å²) in [6.07, 6.45) is -3.93. The second-order valence-electron chi connectivity index (χ2n) is 3.25. The van der Waals surface area contributed by atoms with Crippen LogP contribution in [0, 0.1) is 0 Å². The summed E-state index contributed by atoms with van der Waals surface area (Å²) in [4.78, 5) is 1.51. The van der Waals surface area contributed by atoms with Crippen molar-refractivity contribution in [1.82, 2.24) is 10.2 Å². The highest BCUT2D eigenvalue weighted by atomic mass is 19.4. The summed E-state index contributed by atoms with van der Waals surface area (Å²) in [5.74, 6) is 0. The van der Waals surface area contributed by atoms with Crippen molar-refractivity contribution in [2.45, 2.75) is 25.6 Å². The number of alkyl halides is 3. The van der Waals surface area contributed by atoms with Crippen LogP contribution in [0.4, 0.5) is 13.2 Å². The third-order valence-electron chi connectivity index (χ3n) is 2.36. The van der Waals surface area contributed by atoms with E-state index in [9.17, 15) is 13.2 Å². The predicted molar refractivity (Wildman–Crippen MR) is 44.6 cm³/mol. The monoisotopic (exact) mass is 196 g/mol. The second kappa shape index (κ2) is 4.28. The summed E-state index contributed by atoms with van der Waals surface area (Å²) in [5.41, 5.74) is 0. The molecule has 1 fully saturated rings. The Labute approximate surface area is 76.1 Å². The van der Waals surface area contributed by atoms with Gasteiger partial charge in [-0.1, -0.05) is 6.92 Å². The van der Waals surface area contributed by atoms with Gasteiger partial charge in [0.25, 0.3) is 0 Å². The zero-order valence-corrected chi connectivity index (χ0v) is 7.69. The molecule has 0 amide bonds. The molecule has 0 bridgehead atoms. The first-order chi connectivity index (χ1) is 6.05. The van der Waals surface area contributed by atoms with Crippen molar-refractivity contribution < 1.29 is 13.2 Å². The van der Waals surface area contributed by atoms with E-state index in [1.54, 1.807) is 6.92 Å². The number of rotatable bonds is 2. The number of halogens is 3. The van der Waals surface area contributed by atoms with Crippen molar-refractivity contribution in [2.75, 3.05) is 26.2 Å². The maximum Gasteiger partial charge on any atom is 0.404 e. The van der Waals surface area contributed by atoms with Crippen LogP contribution in [0.3, 0.4) is 0 Å². The first-order valence-corrected chi connectivity index (χ1v) is 4.57. The van der Waals surface area contributed by atoms with Crippen LogP contribution in [0.1, 0.15) is 13.3 Å². The topological polar surface area (TPSA) is 15.3 Å². The molecule has 13 heavy (non-hydrogen) atoms. The predicted octanol–water partition coefficient (Wildman–Crippen LogP) is 1.23. The van der Waals surface area contributed by atoms with E-state index in [1.807, 2.05) is 0 Å². The van der Waals surface area contributed by atoms with Crippen molar-refractivity contribution in [3.05, 3.63) is 0 Å². The fourth-order valence-electron chi connectivity index (χ4n) is 1.69. The highest BCUT2D eigenvalue weighted by Gasteiger charge is 2.42. The molecule has 1 saturated heterocycles. The highest BCUT2D eigenvalue weighted by Crippen LogP contribution is 2.27. The van der Waals surface area contributed by atoms with Crippen LogP contribution in [0.2, 0.25) is 0 Å². The van der Waals surface area contributed by atoms with Gasteiger partial charge in [-0.05, 0) is 6.42 Å². The molecule has 1 aliphatic rings. The molecule has 78 valence electrons. The van der Waals surface area contributed by atoms with E-state index >= 15 is 0 Å². The van der Waals surface area contributed by atoms with Crippen LogP contribution < -0.4 is 5.32 Å². The van der Waals surface area contributed by atoms with Gasteiger partial charge in [0, 0.05) is 26.2 Å². The minimum Gasteiger partial charge on any atom is -0.314 e. The van der Waals surface area contributed by atoms with Gasteiger partial charge in [0.05, 0.1) is 0 Å². The zero-order chi connectivity index (χ0) is 9.90. The Hall–Kier alpha value is -0.290. The lowest BCUT2D eigenvalue weighted by atomic mass is 10.1. The lowest BCUT2D eigenvalue weighted by molar-refractivity contribution is -0.185. The van der Waals surface area contributed by atoms with E-state index in [1.165, 1.54) is 4.90 Å². The first-order valence-electron chi connectivity index (χ1n) is 4.57. The van der Waals surface area contributed by atoms with Crippen molar-refractivity contribution in [3.8, 4) is 0 Å². The Kier molecular flexibility index (Phi) is 3.55. The minimum absolute atomic E-state index is 0.142. The van der Waals surface area contributed by atoms with Gasteiger partial charge >= 0.3 is 6.18 Å². The number of piperazine rings is 1. The molecule has 0 radical (unpaired) electrons. The van der Waals surface area contributed by atoms with Gasteiger partial charge in [-0.2, -0.15) is 13.2 Å². The van der Waals surface area contributed by atoms with E-state index in [-0.39, 0.29) is 6.42 Å². The molecule has 5 heteroatoms. The Bertz CT molecular complexity index is 152. The lowest BCUT2D eigenvalue weighted by Gasteiger charge is -2.35. The number of nitrogens with one attached hydrogen (secondary N) is 1. The highest BCUT2D eigenvalue weighted by molar-refractivity contribution is 4.80. The summed E-state index contributed by atoms with van der Waals surface area (Å²) in [6, 6.07) is -1.26. The van der Waals surface area contributed by atoms with E-state index in [0.717, 1.165) is 0 Å². The minimum atomic E-state index is -4.08. The molecule has 1 heterocycles. The Morgan fingerprint density at radius 1 is 1.31 bits per heavy atom. The fourth-order valence-corrected chi connectivity index (χ4v) is 1.69. The van der Waals surface area contributed by atoms with Crippen LogP contribution in [0.5, 0.6) is 0 Å². The van der Waals surface area contributed by atoms with Gasteiger partial charge in [0.1, 0.15) is 6.04 Å². The number of nitrogens with zero attached hydrogens (tertiary/aromatic N) is 1. The van der Waals surface area contributed by atoms with Crippen LogP contribution in [0.15, 0.2) is 0 Å². The van der Waals surface area contributed by atoms with Crippen LogP contribution in [-0.2, 0) is 0 Å². The van der Waals surface area contributed by atoms with Gasteiger partial charge in [0.15, 0.2) is 0 Å². The van der Waals surface area contributed by atoms with E-state index in [0.29, 0.717) is 26.2 Å². The molecule has 0 saturated carbocycles. The molecule has 0 aromatic rings. The van der Waals surface area contributed by atoms with Gasteiger partial charge < -0.3 is 5.32 Å². The first kappa shape index (κ1) is 10.8. The number of hydrogen-bond acceptors (Lipinski definition) is 2. The molecule has 1 unspecified atom stereocenters. The molecular weight excluding hydrogens is 181 g/mol. The molecule has 1 N–H and O–H groups in total. The van der Waals surface area contributed by atoms with Crippen molar-refractivity contribution in [1.29, 1.82) is 0 Å². The lowest BCUT2D eigenvalue weighted by Crippen LogP contribution is -2.53. The standard InChI is InChI=1S/C8H15F3N2/c1-2-7(8(9,10)11)13-5-3-12-4-6-13/h7,12H,2-6H2,1H3. The zero-order valence-electron chi connectivity index (χ0n) is 7.69. The third kappa shape index (κ3) is 2.84. The molecule has 1 rings (SSSR count). The average Bonchev–Trinajstić information content (AvgIpc) is 2.05. The molecule has 0 aliphatic carbocycles. The third-order valence-corrected chi connectivity index (χ3v) is 2.36. The normalized spacial score (nSPS) is 23.1. The SMILES string of the molecule is CCC(N1CCNCC1)C(F)(F)F. The van der Waals surface area contributed by atoms with Gasteiger partial charge in [-0.3, -0.25) is 4.90 Å². The summed E-state index contributed by atoms with van der Waals surface area (Å²) in [6.45, 7) is 3.90. The molecule has 0 aromatic heterocycles. The molecule has 2 nitrogen and oxygen atoms in total. The quantitative estimate of drug-likeness (QED) is 0.714. The Balaban J connectivity index is 2.54. The maximum absolute atomic E-state index is 12.4. The summed E-state index contributed by atoms with van der Waals surface area (Å²) < 4.78 is 37.3. The number of hydrogen-bond donors (Lipinski definition) is 1. The van der Waals surface area contributed by atoms with Gasteiger partial charge in [0.2, 0.25) is 0 Å². The molecule has 0 spiro atoms. The maximum atomic E-state index is 12.4. The smallest absolute Gasteiger partial charge is 0.314 e. The van der Waals surface area contributed by atoms with E-state index < -0.39 is 12.2 Å². The van der Waals surface area contributed by atoms with Crippen molar-refractivity contribution in [2.24, 2.45) is 0 Å². The Morgan fingerprint density at radius 2 is 1.85 bits per heavy atom. The van der Waals surface area contributed by atoms with E-state index in [2.05, 4.69) is 5.32 Å². The largest absolute Gasteiger partial charge is 0.404 e. The van der Waals surface area contributed by atoms with Gasteiger partial charge in [-0.25, -0.2) is 0 Å². The summed E-state index contributed by atoms with van der Waals surface area (Å²) in [5, 5.41) is 3.04. The summed E-state index contributed by atoms with van der Waals surface area (Å²) >= 11 is 0. The molecule has 1 aliphatic heterocycles. The molecule has 1 atom stereocenters. The van der Waals surface area contributed by atoms with Crippen LogP contribution in [0.25, 0.3) is 0 Å². The second-order valence-corrected chi connectivity index (χ2v) is 3.25. The fraction of sp³-hybridized carbons (Fsp3) is 1.00. The Morgan fingerprint density at radius 3 is 2.23 bits per heavy atom. The van der Waals surface area contributed by atoms with E-state index in [4.69, 9.17) is 0 Å². The summed E-state index contributed by atoms with van der Waals surface area (Å²) in [7, 11) is 0. The average molecular weight is 196 g/mol. The molecule has 0 aromatic carbocycles. The van der Waals surface area contributed by atoms with Gasteiger partial charge in [-0.15, -0.1) is 0 Å². The van der Waals surface area contributed by atoms with Crippen LogP contribution in [-0.4, -0.2) is 43.3 Å². The van der Waals surface area contributed by atoms with Crippen molar-refractivity contribution >= 4 is 0 Å². The van der Waals surface area contributed by atoms with Crippen molar-refractivity contribution in [3.63, 3.8) is 0 Å². The molecular formula is C8H15F3N2.